The molecule has 1 aromatic heterocycles. The van der Waals surface area contributed by atoms with E-state index in [0.717, 1.165) is 0 Å². The quantitative estimate of drug-likeness (QED) is 0.414. The van der Waals surface area contributed by atoms with Crippen molar-refractivity contribution >= 4 is 56.1 Å². The van der Waals surface area contributed by atoms with Crippen LogP contribution in [0.4, 0.5) is 4.39 Å². The number of nitrogens with one attached hydrogen (secondary N) is 1. The zero-order chi connectivity index (χ0) is 14.3. The first-order chi connectivity index (χ1) is 9.56. The molecule has 0 aliphatic rings. The van der Waals surface area contributed by atoms with Crippen LogP contribution in [-0.4, -0.2) is 9.97 Å². The largest absolute Gasteiger partial charge is 0.306 e. The van der Waals surface area contributed by atoms with Crippen LogP contribution in [0.15, 0.2) is 41.2 Å². The van der Waals surface area contributed by atoms with Gasteiger partial charge in [-0.25, -0.2) is 9.37 Å². The van der Waals surface area contributed by atoms with Gasteiger partial charge in [-0.15, -0.1) is 0 Å². The molecule has 0 radical (unpaired) electrons. The molecule has 0 fully saturated rings. The van der Waals surface area contributed by atoms with Crippen molar-refractivity contribution in [1.82, 2.24) is 9.97 Å². The summed E-state index contributed by atoms with van der Waals surface area (Å²) in [6, 6.07) is 10.5. The molecule has 3 aromatic rings. The Balaban J connectivity index is 2.27. The lowest BCUT2D eigenvalue weighted by atomic mass is 10.2. The fourth-order valence-corrected chi connectivity index (χ4v) is 3.68. The van der Waals surface area contributed by atoms with Crippen molar-refractivity contribution in [3.05, 3.63) is 59.7 Å². The molecule has 1 heterocycles. The van der Waals surface area contributed by atoms with Crippen LogP contribution >= 0.6 is 45.2 Å². The Morgan fingerprint density at radius 1 is 1.10 bits per heavy atom. The van der Waals surface area contributed by atoms with Crippen LogP contribution in [0.25, 0.3) is 22.3 Å². The summed E-state index contributed by atoms with van der Waals surface area (Å²) in [5.41, 5.74) is 1.13. The SMILES string of the molecule is O=c1[nH]c(-c2cc(I)c(F)c(I)c2)nc2ccccc12. The summed E-state index contributed by atoms with van der Waals surface area (Å²) in [4.78, 5) is 19.2. The zero-order valence-corrected chi connectivity index (χ0v) is 14.3. The highest BCUT2D eigenvalue weighted by molar-refractivity contribution is 14.1. The second-order valence-corrected chi connectivity index (χ2v) is 6.51. The number of hydrogen-bond acceptors (Lipinski definition) is 2. The molecule has 0 saturated heterocycles. The maximum Gasteiger partial charge on any atom is 0.259 e. The lowest BCUT2D eigenvalue weighted by Crippen LogP contribution is -2.09. The fourth-order valence-electron chi connectivity index (χ4n) is 1.92. The summed E-state index contributed by atoms with van der Waals surface area (Å²) in [5, 5.41) is 0.544. The molecule has 20 heavy (non-hydrogen) atoms. The van der Waals surface area contributed by atoms with Gasteiger partial charge in [-0.2, -0.15) is 0 Å². The maximum absolute atomic E-state index is 13.7. The van der Waals surface area contributed by atoms with Crippen molar-refractivity contribution in [2.24, 2.45) is 0 Å². The van der Waals surface area contributed by atoms with Crippen LogP contribution < -0.4 is 5.56 Å². The van der Waals surface area contributed by atoms with E-state index in [2.05, 4.69) is 9.97 Å². The van der Waals surface area contributed by atoms with Crippen LogP contribution in [0, 0.1) is 13.0 Å². The van der Waals surface area contributed by atoms with E-state index in [0.29, 0.717) is 29.4 Å². The summed E-state index contributed by atoms with van der Waals surface area (Å²) in [7, 11) is 0. The van der Waals surface area contributed by atoms with Crippen LogP contribution in [0.1, 0.15) is 0 Å². The minimum Gasteiger partial charge on any atom is -0.306 e. The Kier molecular flexibility index (Phi) is 3.76. The van der Waals surface area contributed by atoms with E-state index in [9.17, 15) is 9.18 Å². The molecule has 0 spiro atoms. The molecule has 0 saturated carbocycles. The van der Waals surface area contributed by atoms with E-state index < -0.39 is 0 Å². The van der Waals surface area contributed by atoms with Gasteiger partial charge in [0.25, 0.3) is 5.56 Å². The van der Waals surface area contributed by atoms with Gasteiger partial charge in [-0.05, 0) is 69.4 Å². The number of rotatable bonds is 1. The molecule has 1 N–H and O–H groups in total. The first-order valence-corrected chi connectivity index (χ1v) is 7.86. The molecular weight excluding hydrogens is 485 g/mol. The number of nitrogens with zero attached hydrogens (tertiary/aromatic N) is 1. The molecule has 6 heteroatoms. The molecule has 0 bridgehead atoms. The third-order valence-electron chi connectivity index (χ3n) is 2.87. The monoisotopic (exact) mass is 492 g/mol. The van der Waals surface area contributed by atoms with E-state index in [-0.39, 0.29) is 11.4 Å². The van der Waals surface area contributed by atoms with Gasteiger partial charge in [0.05, 0.1) is 18.0 Å². The Bertz CT molecular complexity index is 853. The van der Waals surface area contributed by atoms with E-state index in [1.54, 1.807) is 30.3 Å². The number of halogens is 3. The van der Waals surface area contributed by atoms with Crippen molar-refractivity contribution in [3.8, 4) is 11.4 Å². The van der Waals surface area contributed by atoms with Gasteiger partial charge in [-0.3, -0.25) is 4.79 Å². The van der Waals surface area contributed by atoms with E-state index in [4.69, 9.17) is 0 Å². The van der Waals surface area contributed by atoms with Gasteiger partial charge in [-0.1, -0.05) is 12.1 Å². The smallest absolute Gasteiger partial charge is 0.259 e. The number of aromatic amines is 1. The average Bonchev–Trinajstić information content (AvgIpc) is 2.44. The molecule has 0 unspecified atom stereocenters. The lowest BCUT2D eigenvalue weighted by molar-refractivity contribution is 0.613. The number of para-hydroxylation sites is 1. The minimum absolute atomic E-state index is 0.194. The van der Waals surface area contributed by atoms with Crippen molar-refractivity contribution < 1.29 is 4.39 Å². The van der Waals surface area contributed by atoms with E-state index in [1.807, 2.05) is 51.2 Å². The number of fused-ring (bicyclic) bond motifs is 1. The molecule has 3 rings (SSSR count). The van der Waals surface area contributed by atoms with Crippen LogP contribution in [0.2, 0.25) is 0 Å². The first kappa shape index (κ1) is 13.9. The third-order valence-corrected chi connectivity index (χ3v) is 4.44. The molecule has 3 nitrogen and oxygen atoms in total. The molecular formula is C14H7FI2N2O. The van der Waals surface area contributed by atoms with Crippen molar-refractivity contribution in [2.45, 2.75) is 0 Å². The number of benzene rings is 2. The normalized spacial score (nSPS) is 10.9. The first-order valence-electron chi connectivity index (χ1n) is 5.70. The number of H-pyrrole nitrogens is 1. The summed E-state index contributed by atoms with van der Waals surface area (Å²) < 4.78 is 14.7. The van der Waals surface area contributed by atoms with Crippen molar-refractivity contribution in [3.63, 3.8) is 0 Å². The maximum atomic E-state index is 13.7. The number of hydrogen-bond donors (Lipinski definition) is 1. The van der Waals surface area contributed by atoms with Crippen LogP contribution in [0.3, 0.4) is 0 Å². The molecule has 0 aliphatic heterocycles. The van der Waals surface area contributed by atoms with Crippen LogP contribution in [0.5, 0.6) is 0 Å². The van der Waals surface area contributed by atoms with Gasteiger partial charge >= 0.3 is 0 Å². The average molecular weight is 492 g/mol. The predicted octanol–water partition coefficient (Wildman–Crippen LogP) is 3.94. The summed E-state index contributed by atoms with van der Waals surface area (Å²) in [6.45, 7) is 0. The van der Waals surface area contributed by atoms with E-state index in [1.165, 1.54) is 0 Å². The summed E-state index contributed by atoms with van der Waals surface area (Å²) in [6.07, 6.45) is 0. The highest BCUT2D eigenvalue weighted by Gasteiger charge is 2.11. The highest BCUT2D eigenvalue weighted by Crippen LogP contribution is 2.25. The molecule has 0 amide bonds. The third kappa shape index (κ3) is 2.46. The van der Waals surface area contributed by atoms with Crippen molar-refractivity contribution in [2.75, 3.05) is 0 Å². The van der Waals surface area contributed by atoms with Crippen molar-refractivity contribution in [1.29, 1.82) is 0 Å². The Hall–Kier alpha value is -1.03. The lowest BCUT2D eigenvalue weighted by Gasteiger charge is -2.06. The number of aromatic nitrogens is 2. The van der Waals surface area contributed by atoms with Crippen LogP contribution in [-0.2, 0) is 0 Å². The second-order valence-electron chi connectivity index (χ2n) is 4.19. The van der Waals surface area contributed by atoms with E-state index >= 15 is 0 Å². The highest BCUT2D eigenvalue weighted by atomic mass is 127. The fraction of sp³-hybridized carbons (Fsp3) is 0. The molecule has 0 atom stereocenters. The summed E-state index contributed by atoms with van der Waals surface area (Å²) in [5.74, 6) is 0.197. The van der Waals surface area contributed by atoms with Gasteiger partial charge < -0.3 is 4.98 Å². The molecule has 0 aliphatic carbocycles. The Labute approximate surface area is 140 Å². The topological polar surface area (TPSA) is 45.8 Å². The second kappa shape index (κ2) is 5.40. The van der Waals surface area contributed by atoms with Gasteiger partial charge in [0.15, 0.2) is 0 Å². The predicted molar refractivity (Wildman–Crippen MR) is 93.2 cm³/mol. The van der Waals surface area contributed by atoms with Gasteiger partial charge in [0.2, 0.25) is 0 Å². The minimum atomic E-state index is -0.252. The molecule has 2 aromatic carbocycles. The standard InChI is InChI=1S/C14H7FI2N2O/c15-12-9(16)5-7(6-10(12)17)13-18-11-4-2-1-3-8(11)14(20)19-13/h1-6H,(H,18,19,20). The Morgan fingerprint density at radius 3 is 2.45 bits per heavy atom. The van der Waals surface area contributed by atoms with Gasteiger partial charge in [0, 0.05) is 5.56 Å². The Morgan fingerprint density at radius 2 is 1.75 bits per heavy atom. The molecule has 100 valence electrons. The van der Waals surface area contributed by atoms with Gasteiger partial charge in [0.1, 0.15) is 11.6 Å². The summed E-state index contributed by atoms with van der Waals surface area (Å²) >= 11 is 3.86. The zero-order valence-electron chi connectivity index (χ0n) is 9.95.